The molecule has 20 heavy (non-hydrogen) atoms. The molecular formula is C16H16N2O2. The highest BCUT2D eigenvalue weighted by Crippen LogP contribution is 2.20. The van der Waals surface area contributed by atoms with Gasteiger partial charge in [-0.25, -0.2) is 9.78 Å². The Kier molecular flexibility index (Phi) is 4.21. The highest BCUT2D eigenvalue weighted by atomic mass is 16.4. The molecule has 1 aromatic carbocycles. The zero-order valence-electron chi connectivity index (χ0n) is 11.3. The Morgan fingerprint density at radius 2 is 2.25 bits per heavy atom. The summed E-state index contributed by atoms with van der Waals surface area (Å²) in [5, 5.41) is 12.9. The number of carboxylic acid groups (broad SMARTS) is 1. The van der Waals surface area contributed by atoms with E-state index in [1.807, 2.05) is 0 Å². The molecule has 0 aliphatic carbocycles. The third kappa shape index (κ3) is 2.89. The summed E-state index contributed by atoms with van der Waals surface area (Å²) in [5.74, 6) is 2.39. The van der Waals surface area contributed by atoms with Gasteiger partial charge >= 0.3 is 5.97 Å². The van der Waals surface area contributed by atoms with Gasteiger partial charge in [-0.3, -0.25) is 0 Å². The third-order valence-electron chi connectivity index (χ3n) is 3.06. The number of anilines is 1. The minimum absolute atomic E-state index is 0.0624. The lowest BCUT2D eigenvalue weighted by Crippen LogP contribution is -2.17. The lowest BCUT2D eigenvalue weighted by Gasteiger charge is -2.13. The number of rotatable bonds is 5. The van der Waals surface area contributed by atoms with Crippen LogP contribution in [0.4, 0.5) is 5.82 Å². The van der Waals surface area contributed by atoms with Crippen molar-refractivity contribution < 1.29 is 9.90 Å². The molecule has 4 nitrogen and oxygen atoms in total. The van der Waals surface area contributed by atoms with Gasteiger partial charge in [0.1, 0.15) is 5.82 Å². The zero-order chi connectivity index (χ0) is 14.5. The van der Waals surface area contributed by atoms with E-state index in [9.17, 15) is 4.79 Å². The Morgan fingerprint density at radius 1 is 1.45 bits per heavy atom. The van der Waals surface area contributed by atoms with Gasteiger partial charge in [-0.1, -0.05) is 25.3 Å². The predicted octanol–water partition coefficient (Wildman–Crippen LogP) is 3.15. The summed E-state index contributed by atoms with van der Waals surface area (Å²) < 4.78 is 0. The molecule has 4 heteroatoms. The van der Waals surface area contributed by atoms with Crippen molar-refractivity contribution in [1.29, 1.82) is 0 Å². The number of nitrogens with zero attached hydrogens (tertiary/aromatic N) is 1. The van der Waals surface area contributed by atoms with Crippen molar-refractivity contribution in [1.82, 2.24) is 4.98 Å². The van der Waals surface area contributed by atoms with E-state index in [1.54, 1.807) is 30.3 Å². The first-order valence-corrected chi connectivity index (χ1v) is 6.51. The van der Waals surface area contributed by atoms with E-state index < -0.39 is 5.97 Å². The average molecular weight is 268 g/mol. The monoisotopic (exact) mass is 268 g/mol. The molecule has 1 unspecified atom stereocenters. The molecule has 0 aliphatic heterocycles. The largest absolute Gasteiger partial charge is 0.478 e. The van der Waals surface area contributed by atoms with Gasteiger partial charge in [0.2, 0.25) is 0 Å². The minimum Gasteiger partial charge on any atom is -0.478 e. The Balaban J connectivity index is 2.35. The van der Waals surface area contributed by atoms with Gasteiger partial charge in [0.25, 0.3) is 0 Å². The van der Waals surface area contributed by atoms with Crippen molar-refractivity contribution in [2.24, 2.45) is 0 Å². The lowest BCUT2D eigenvalue weighted by molar-refractivity contribution is 0.0699. The van der Waals surface area contributed by atoms with E-state index in [2.05, 4.69) is 23.1 Å². The first kappa shape index (κ1) is 13.9. The first-order chi connectivity index (χ1) is 9.65. The summed E-state index contributed by atoms with van der Waals surface area (Å²) in [5.41, 5.74) is 0.894. The second-order valence-electron chi connectivity index (χ2n) is 4.53. The molecule has 102 valence electrons. The van der Waals surface area contributed by atoms with Gasteiger partial charge in [0.15, 0.2) is 0 Å². The van der Waals surface area contributed by atoms with Crippen LogP contribution in [-0.2, 0) is 0 Å². The molecule has 1 heterocycles. The molecule has 1 atom stereocenters. The van der Waals surface area contributed by atoms with Gasteiger partial charge in [-0.2, -0.15) is 0 Å². The number of nitrogens with one attached hydrogen (secondary N) is 1. The predicted molar refractivity (Wildman–Crippen MR) is 79.9 cm³/mol. The fourth-order valence-electron chi connectivity index (χ4n) is 2.09. The van der Waals surface area contributed by atoms with Gasteiger partial charge in [0.05, 0.1) is 17.1 Å². The van der Waals surface area contributed by atoms with Crippen LogP contribution in [0.3, 0.4) is 0 Å². The molecular weight excluding hydrogens is 252 g/mol. The number of aromatic carboxylic acids is 1. The van der Waals surface area contributed by atoms with Gasteiger partial charge < -0.3 is 10.4 Å². The standard InChI is InChI=1S/C16H16N2O2/c1-3-6-11(4-2)17-15-10-9-12-13(16(19)20)7-5-8-14(12)18-15/h2,5,7-11H,3,6H2,1H3,(H,17,18)(H,19,20). The quantitative estimate of drug-likeness (QED) is 0.818. The number of hydrogen-bond donors (Lipinski definition) is 2. The molecule has 0 amide bonds. The Labute approximate surface area is 117 Å². The highest BCUT2D eigenvalue weighted by molar-refractivity contribution is 6.02. The van der Waals surface area contributed by atoms with Crippen LogP contribution >= 0.6 is 0 Å². The van der Waals surface area contributed by atoms with E-state index >= 15 is 0 Å². The smallest absolute Gasteiger partial charge is 0.336 e. The van der Waals surface area contributed by atoms with Crippen molar-refractivity contribution in [3.63, 3.8) is 0 Å². The molecule has 2 aromatic rings. The number of benzene rings is 1. The van der Waals surface area contributed by atoms with Crippen LogP contribution in [-0.4, -0.2) is 22.1 Å². The number of terminal acetylenes is 1. The van der Waals surface area contributed by atoms with Gasteiger partial charge in [-0.05, 0) is 30.7 Å². The first-order valence-electron chi connectivity index (χ1n) is 6.51. The van der Waals surface area contributed by atoms with E-state index in [-0.39, 0.29) is 11.6 Å². The summed E-state index contributed by atoms with van der Waals surface area (Å²) in [6.07, 6.45) is 7.32. The van der Waals surface area contributed by atoms with E-state index in [0.29, 0.717) is 16.7 Å². The minimum atomic E-state index is -0.953. The fourth-order valence-corrected chi connectivity index (χ4v) is 2.09. The van der Waals surface area contributed by atoms with Crippen LogP contribution in [0.1, 0.15) is 30.1 Å². The molecule has 0 bridgehead atoms. The van der Waals surface area contributed by atoms with E-state index in [1.165, 1.54) is 0 Å². The Morgan fingerprint density at radius 3 is 2.90 bits per heavy atom. The fraction of sp³-hybridized carbons (Fsp3) is 0.250. The summed E-state index contributed by atoms with van der Waals surface area (Å²) in [6, 6.07) is 8.50. The Bertz CT molecular complexity index is 674. The molecule has 2 N–H and O–H groups in total. The number of aromatic nitrogens is 1. The number of hydrogen-bond acceptors (Lipinski definition) is 3. The Hall–Kier alpha value is -2.54. The summed E-state index contributed by atoms with van der Waals surface area (Å²) in [6.45, 7) is 2.07. The average Bonchev–Trinajstić information content (AvgIpc) is 2.45. The van der Waals surface area contributed by atoms with E-state index in [4.69, 9.17) is 11.5 Å². The molecule has 0 spiro atoms. The molecule has 2 rings (SSSR count). The summed E-state index contributed by atoms with van der Waals surface area (Å²) in [7, 11) is 0. The second kappa shape index (κ2) is 6.07. The number of fused-ring (bicyclic) bond motifs is 1. The number of carbonyl (C=O) groups is 1. The maximum absolute atomic E-state index is 11.1. The zero-order valence-corrected chi connectivity index (χ0v) is 11.3. The number of carboxylic acids is 1. The van der Waals surface area contributed by atoms with Crippen LogP contribution in [0.25, 0.3) is 10.9 Å². The van der Waals surface area contributed by atoms with Crippen LogP contribution in [0.5, 0.6) is 0 Å². The van der Waals surface area contributed by atoms with E-state index in [0.717, 1.165) is 12.8 Å². The highest BCUT2D eigenvalue weighted by Gasteiger charge is 2.10. The van der Waals surface area contributed by atoms with Crippen molar-refractivity contribution in [3.8, 4) is 12.3 Å². The van der Waals surface area contributed by atoms with Crippen LogP contribution in [0.2, 0.25) is 0 Å². The molecule has 0 aliphatic rings. The maximum Gasteiger partial charge on any atom is 0.336 e. The molecule has 1 aromatic heterocycles. The van der Waals surface area contributed by atoms with Crippen molar-refractivity contribution >= 4 is 22.7 Å². The summed E-state index contributed by atoms with van der Waals surface area (Å²) in [4.78, 5) is 15.6. The topological polar surface area (TPSA) is 62.2 Å². The number of pyridine rings is 1. The van der Waals surface area contributed by atoms with Crippen LogP contribution in [0, 0.1) is 12.3 Å². The van der Waals surface area contributed by atoms with Crippen LogP contribution < -0.4 is 5.32 Å². The van der Waals surface area contributed by atoms with Crippen molar-refractivity contribution in [2.75, 3.05) is 5.32 Å². The van der Waals surface area contributed by atoms with Crippen molar-refractivity contribution in [2.45, 2.75) is 25.8 Å². The SMILES string of the molecule is C#CC(CCC)Nc1ccc2c(C(=O)O)cccc2n1. The normalized spacial score (nSPS) is 11.8. The molecule has 0 fully saturated rings. The van der Waals surface area contributed by atoms with Gasteiger partial charge in [-0.15, -0.1) is 6.42 Å². The van der Waals surface area contributed by atoms with Crippen LogP contribution in [0.15, 0.2) is 30.3 Å². The molecule has 0 saturated carbocycles. The maximum atomic E-state index is 11.1. The third-order valence-corrected chi connectivity index (χ3v) is 3.06. The summed E-state index contributed by atoms with van der Waals surface area (Å²) >= 11 is 0. The molecule has 0 radical (unpaired) electrons. The lowest BCUT2D eigenvalue weighted by atomic mass is 10.1. The molecule has 0 saturated heterocycles. The van der Waals surface area contributed by atoms with Crippen molar-refractivity contribution in [3.05, 3.63) is 35.9 Å². The second-order valence-corrected chi connectivity index (χ2v) is 4.53. The van der Waals surface area contributed by atoms with Gasteiger partial charge in [0, 0.05) is 5.39 Å².